The van der Waals surface area contributed by atoms with E-state index >= 15 is 0 Å². The summed E-state index contributed by atoms with van der Waals surface area (Å²) < 4.78 is 28.1. The lowest BCUT2D eigenvalue weighted by Gasteiger charge is -2.25. The number of nitrogens with zero attached hydrogens (tertiary/aromatic N) is 1. The van der Waals surface area contributed by atoms with Crippen molar-refractivity contribution >= 4 is 10.1 Å². The Morgan fingerprint density at radius 3 is 2.50 bits per heavy atom. The van der Waals surface area contributed by atoms with Gasteiger partial charge in [0.2, 0.25) is 0 Å². The third-order valence-electron chi connectivity index (χ3n) is 2.39. The standard InChI is InChI=1S/C9H21N3O3S/c10-4-2-1-3-9-16(13,14)15-12-7-5-11-6-8-12/h11H,1-10H2. The Morgan fingerprint density at radius 2 is 1.88 bits per heavy atom. The Kier molecular flexibility index (Phi) is 6.22. The summed E-state index contributed by atoms with van der Waals surface area (Å²) in [4.78, 5) is 0. The minimum Gasteiger partial charge on any atom is -0.330 e. The highest BCUT2D eigenvalue weighted by atomic mass is 32.2. The summed E-state index contributed by atoms with van der Waals surface area (Å²) in [6.07, 6.45) is 2.31. The van der Waals surface area contributed by atoms with E-state index in [1.165, 1.54) is 5.06 Å². The Balaban J connectivity index is 2.22. The van der Waals surface area contributed by atoms with E-state index in [1.54, 1.807) is 0 Å². The summed E-state index contributed by atoms with van der Waals surface area (Å²) >= 11 is 0. The van der Waals surface area contributed by atoms with Gasteiger partial charge in [0.25, 0.3) is 10.1 Å². The van der Waals surface area contributed by atoms with Crippen LogP contribution in [0.3, 0.4) is 0 Å². The molecule has 1 aliphatic rings. The molecular weight excluding hydrogens is 230 g/mol. The highest BCUT2D eigenvalue weighted by Gasteiger charge is 2.18. The molecule has 0 spiro atoms. The molecule has 1 fully saturated rings. The van der Waals surface area contributed by atoms with Crippen molar-refractivity contribution in [2.75, 3.05) is 38.5 Å². The van der Waals surface area contributed by atoms with E-state index in [9.17, 15) is 8.42 Å². The van der Waals surface area contributed by atoms with Gasteiger partial charge in [-0.2, -0.15) is 17.8 Å². The van der Waals surface area contributed by atoms with Crippen LogP contribution in [-0.2, 0) is 14.4 Å². The molecule has 0 aromatic heterocycles. The highest BCUT2D eigenvalue weighted by Crippen LogP contribution is 2.05. The molecule has 0 atom stereocenters. The molecule has 0 radical (unpaired) electrons. The minimum atomic E-state index is -3.40. The van der Waals surface area contributed by atoms with E-state index < -0.39 is 10.1 Å². The van der Waals surface area contributed by atoms with Gasteiger partial charge in [-0.05, 0) is 19.4 Å². The number of hydroxylamine groups is 2. The molecule has 0 unspecified atom stereocenters. The van der Waals surface area contributed by atoms with Crippen molar-refractivity contribution in [3.63, 3.8) is 0 Å². The number of nitrogens with one attached hydrogen (secondary N) is 1. The summed E-state index contributed by atoms with van der Waals surface area (Å²) in [6.45, 7) is 3.37. The van der Waals surface area contributed by atoms with Crippen molar-refractivity contribution in [3.8, 4) is 0 Å². The summed E-state index contributed by atoms with van der Waals surface area (Å²) in [5.41, 5.74) is 5.33. The number of hydrogen-bond acceptors (Lipinski definition) is 6. The molecule has 0 saturated carbocycles. The average Bonchev–Trinajstić information content (AvgIpc) is 2.25. The van der Waals surface area contributed by atoms with Gasteiger partial charge in [-0.1, -0.05) is 6.42 Å². The van der Waals surface area contributed by atoms with E-state index in [0.717, 1.165) is 25.9 Å². The van der Waals surface area contributed by atoms with Gasteiger partial charge in [0.15, 0.2) is 0 Å². The lowest BCUT2D eigenvalue weighted by molar-refractivity contribution is -0.0596. The van der Waals surface area contributed by atoms with Crippen LogP contribution in [0.1, 0.15) is 19.3 Å². The number of nitrogens with two attached hydrogens (primary N) is 1. The molecule has 0 amide bonds. The van der Waals surface area contributed by atoms with Crippen LogP contribution in [0.15, 0.2) is 0 Å². The van der Waals surface area contributed by atoms with Gasteiger partial charge in [-0.15, -0.1) is 0 Å². The second kappa shape index (κ2) is 7.18. The zero-order valence-electron chi connectivity index (χ0n) is 9.52. The maximum Gasteiger partial charge on any atom is 0.283 e. The Bertz CT molecular complexity index is 276. The first-order chi connectivity index (χ1) is 7.64. The maximum atomic E-state index is 11.5. The predicted octanol–water partition coefficient (Wildman–Crippen LogP) is -0.718. The molecule has 0 aromatic carbocycles. The lowest BCUT2D eigenvalue weighted by Crippen LogP contribution is -2.44. The number of rotatable bonds is 7. The summed E-state index contributed by atoms with van der Waals surface area (Å²) in [6, 6.07) is 0. The Labute approximate surface area is 97.2 Å². The van der Waals surface area contributed by atoms with Crippen LogP contribution in [0, 0.1) is 0 Å². The highest BCUT2D eigenvalue weighted by molar-refractivity contribution is 7.86. The first-order valence-corrected chi connectivity index (χ1v) is 7.30. The van der Waals surface area contributed by atoms with Crippen molar-refractivity contribution < 1.29 is 12.7 Å². The van der Waals surface area contributed by atoms with Crippen LogP contribution in [0.5, 0.6) is 0 Å². The quantitative estimate of drug-likeness (QED) is 0.581. The predicted molar refractivity (Wildman–Crippen MR) is 62.2 cm³/mol. The molecule has 1 saturated heterocycles. The molecule has 96 valence electrons. The van der Waals surface area contributed by atoms with E-state index in [1.807, 2.05) is 0 Å². The van der Waals surface area contributed by atoms with Crippen LogP contribution in [0.4, 0.5) is 0 Å². The molecule has 1 rings (SSSR count). The molecule has 6 nitrogen and oxygen atoms in total. The van der Waals surface area contributed by atoms with Gasteiger partial charge >= 0.3 is 0 Å². The topological polar surface area (TPSA) is 84.7 Å². The Morgan fingerprint density at radius 1 is 1.19 bits per heavy atom. The van der Waals surface area contributed by atoms with E-state index in [4.69, 9.17) is 10.0 Å². The van der Waals surface area contributed by atoms with Gasteiger partial charge in [-0.25, -0.2) is 0 Å². The van der Waals surface area contributed by atoms with E-state index in [-0.39, 0.29) is 5.75 Å². The Hall–Kier alpha value is -0.210. The smallest absolute Gasteiger partial charge is 0.283 e. The molecule has 0 aromatic rings. The lowest BCUT2D eigenvalue weighted by atomic mass is 10.2. The number of piperazine rings is 1. The normalized spacial score (nSPS) is 18.8. The van der Waals surface area contributed by atoms with Crippen molar-refractivity contribution in [2.24, 2.45) is 5.73 Å². The summed E-state index contributed by atoms with van der Waals surface area (Å²) in [7, 11) is -3.40. The van der Waals surface area contributed by atoms with Crippen molar-refractivity contribution in [3.05, 3.63) is 0 Å². The van der Waals surface area contributed by atoms with Gasteiger partial charge in [0.1, 0.15) is 0 Å². The average molecular weight is 251 g/mol. The zero-order valence-corrected chi connectivity index (χ0v) is 10.3. The fraction of sp³-hybridized carbons (Fsp3) is 1.00. The third kappa shape index (κ3) is 5.76. The van der Waals surface area contributed by atoms with Gasteiger partial charge in [0.05, 0.1) is 5.75 Å². The maximum absolute atomic E-state index is 11.5. The van der Waals surface area contributed by atoms with Crippen molar-refractivity contribution in [1.82, 2.24) is 10.4 Å². The molecule has 7 heteroatoms. The molecule has 0 bridgehead atoms. The van der Waals surface area contributed by atoms with Crippen LogP contribution < -0.4 is 11.1 Å². The molecule has 3 N–H and O–H groups in total. The van der Waals surface area contributed by atoms with Crippen LogP contribution >= 0.6 is 0 Å². The van der Waals surface area contributed by atoms with Crippen molar-refractivity contribution in [1.29, 1.82) is 0 Å². The molecule has 1 aliphatic heterocycles. The fourth-order valence-corrected chi connectivity index (χ4v) is 2.62. The summed E-state index contributed by atoms with van der Waals surface area (Å²) in [5, 5.41) is 4.64. The fourth-order valence-electron chi connectivity index (χ4n) is 1.52. The zero-order chi connectivity index (χ0) is 11.9. The first kappa shape index (κ1) is 13.9. The summed E-state index contributed by atoms with van der Waals surface area (Å²) in [5.74, 6) is 0.0803. The second-order valence-corrected chi connectivity index (χ2v) is 5.54. The van der Waals surface area contributed by atoms with Gasteiger partial charge < -0.3 is 11.1 Å². The van der Waals surface area contributed by atoms with Crippen molar-refractivity contribution in [2.45, 2.75) is 19.3 Å². The monoisotopic (exact) mass is 251 g/mol. The van der Waals surface area contributed by atoms with Crippen LogP contribution in [0.2, 0.25) is 0 Å². The first-order valence-electron chi connectivity index (χ1n) is 5.72. The van der Waals surface area contributed by atoms with Crippen LogP contribution in [-0.4, -0.2) is 52.0 Å². The molecular formula is C9H21N3O3S. The van der Waals surface area contributed by atoms with Gasteiger partial charge in [0, 0.05) is 26.2 Å². The SMILES string of the molecule is NCCCCCS(=O)(=O)ON1CCNCC1. The van der Waals surface area contributed by atoms with Crippen LogP contribution in [0.25, 0.3) is 0 Å². The molecule has 16 heavy (non-hydrogen) atoms. The van der Waals surface area contributed by atoms with E-state index in [0.29, 0.717) is 26.1 Å². The third-order valence-corrected chi connectivity index (χ3v) is 3.62. The number of unbranched alkanes of at least 4 members (excludes halogenated alkanes) is 2. The van der Waals surface area contributed by atoms with E-state index in [2.05, 4.69) is 5.32 Å². The number of hydrogen-bond donors (Lipinski definition) is 2. The molecule has 0 aliphatic carbocycles. The minimum absolute atomic E-state index is 0.0803. The molecule has 1 heterocycles. The largest absolute Gasteiger partial charge is 0.330 e. The second-order valence-electron chi connectivity index (χ2n) is 3.86. The van der Waals surface area contributed by atoms with Gasteiger partial charge in [-0.3, -0.25) is 0 Å².